The number of nitrogens with two attached hydrogens (primary N) is 1. The first-order valence-electron chi connectivity index (χ1n) is 7.00. The first-order chi connectivity index (χ1) is 10.3. The van der Waals surface area contributed by atoms with Crippen LogP contribution in [-0.2, 0) is 6.54 Å². The first kappa shape index (κ1) is 12.5. The molecule has 0 bridgehead atoms. The molecule has 1 aliphatic rings. The fourth-order valence-electron chi connectivity index (χ4n) is 2.47. The molecule has 0 spiro atoms. The van der Waals surface area contributed by atoms with E-state index in [9.17, 15) is 0 Å². The van der Waals surface area contributed by atoms with E-state index in [1.165, 1.54) is 12.8 Å². The number of anilines is 1. The van der Waals surface area contributed by atoms with Crippen LogP contribution in [0.1, 0.15) is 30.1 Å². The van der Waals surface area contributed by atoms with Gasteiger partial charge in [-0.15, -0.1) is 16.4 Å². The van der Waals surface area contributed by atoms with E-state index < -0.39 is 0 Å². The number of nitrogens with zero attached hydrogens (tertiary/aromatic N) is 4. The summed E-state index contributed by atoms with van der Waals surface area (Å²) in [6.07, 6.45) is 2.37. The molecule has 0 unspecified atom stereocenters. The number of benzene rings is 1. The molecule has 0 atom stereocenters. The van der Waals surface area contributed by atoms with Crippen LogP contribution in [0.3, 0.4) is 0 Å². The molecule has 106 valence electrons. The van der Waals surface area contributed by atoms with Gasteiger partial charge in [0.15, 0.2) is 5.82 Å². The summed E-state index contributed by atoms with van der Waals surface area (Å²) >= 11 is 1.65. The van der Waals surface area contributed by atoms with Gasteiger partial charge >= 0.3 is 0 Å². The quantitative estimate of drug-likeness (QED) is 0.804. The molecule has 1 aromatic carbocycles. The van der Waals surface area contributed by atoms with Gasteiger partial charge in [-0.3, -0.25) is 0 Å². The highest BCUT2D eigenvalue weighted by Crippen LogP contribution is 2.42. The smallest absolute Gasteiger partial charge is 0.169 e. The molecular formula is C15H15N5S. The highest BCUT2D eigenvalue weighted by molar-refractivity contribution is 7.13. The third-order valence-electron chi connectivity index (χ3n) is 3.65. The average Bonchev–Trinajstić information content (AvgIpc) is 3.12. The van der Waals surface area contributed by atoms with Crippen molar-refractivity contribution in [1.82, 2.24) is 20.0 Å². The SMILES string of the molecule is Nc1nnn(Cc2csc(-c3ccccc3)n2)c1C1CC1. The molecule has 4 rings (SSSR count). The summed E-state index contributed by atoms with van der Waals surface area (Å²) in [5, 5.41) is 11.3. The summed E-state index contributed by atoms with van der Waals surface area (Å²) in [4.78, 5) is 4.69. The summed E-state index contributed by atoms with van der Waals surface area (Å²) in [7, 11) is 0. The van der Waals surface area contributed by atoms with E-state index >= 15 is 0 Å². The van der Waals surface area contributed by atoms with Crippen LogP contribution in [0.15, 0.2) is 35.7 Å². The van der Waals surface area contributed by atoms with Crippen LogP contribution < -0.4 is 5.73 Å². The Kier molecular flexibility index (Phi) is 2.96. The van der Waals surface area contributed by atoms with E-state index in [0.29, 0.717) is 18.3 Å². The fraction of sp³-hybridized carbons (Fsp3) is 0.267. The van der Waals surface area contributed by atoms with Crippen LogP contribution >= 0.6 is 11.3 Å². The lowest BCUT2D eigenvalue weighted by Crippen LogP contribution is -2.07. The van der Waals surface area contributed by atoms with Crippen LogP contribution in [-0.4, -0.2) is 20.0 Å². The van der Waals surface area contributed by atoms with Crippen LogP contribution in [0.2, 0.25) is 0 Å². The predicted molar refractivity (Wildman–Crippen MR) is 83.1 cm³/mol. The van der Waals surface area contributed by atoms with E-state index in [1.54, 1.807) is 11.3 Å². The zero-order chi connectivity index (χ0) is 14.2. The molecule has 0 radical (unpaired) electrons. The van der Waals surface area contributed by atoms with Gasteiger partial charge in [-0.1, -0.05) is 35.5 Å². The van der Waals surface area contributed by atoms with Gasteiger partial charge in [-0.25, -0.2) is 9.67 Å². The lowest BCUT2D eigenvalue weighted by atomic mass is 10.2. The Morgan fingerprint density at radius 1 is 1.24 bits per heavy atom. The van der Waals surface area contributed by atoms with Crippen LogP contribution in [0.25, 0.3) is 10.6 Å². The number of hydrogen-bond acceptors (Lipinski definition) is 5. The minimum atomic E-state index is 0.534. The standard InChI is InChI=1S/C15H15N5S/c16-14-13(10-6-7-10)20(19-18-14)8-12-9-21-15(17-12)11-4-2-1-3-5-11/h1-5,9-10H,6-8,16H2. The number of thiazole rings is 1. The molecule has 5 nitrogen and oxygen atoms in total. The molecule has 0 saturated heterocycles. The number of aromatic nitrogens is 4. The second kappa shape index (κ2) is 4.96. The average molecular weight is 297 g/mol. The van der Waals surface area contributed by atoms with Crippen molar-refractivity contribution in [2.24, 2.45) is 0 Å². The zero-order valence-electron chi connectivity index (χ0n) is 11.4. The van der Waals surface area contributed by atoms with Gasteiger partial charge < -0.3 is 5.73 Å². The van der Waals surface area contributed by atoms with Crippen molar-refractivity contribution in [2.75, 3.05) is 5.73 Å². The summed E-state index contributed by atoms with van der Waals surface area (Å²) in [6, 6.07) is 10.2. The van der Waals surface area contributed by atoms with Gasteiger partial charge in [0.2, 0.25) is 0 Å². The second-order valence-electron chi connectivity index (χ2n) is 5.30. The van der Waals surface area contributed by atoms with Crippen molar-refractivity contribution in [3.63, 3.8) is 0 Å². The van der Waals surface area contributed by atoms with Crippen LogP contribution in [0, 0.1) is 0 Å². The Labute approximate surface area is 126 Å². The Hall–Kier alpha value is -2.21. The zero-order valence-corrected chi connectivity index (χ0v) is 12.3. The topological polar surface area (TPSA) is 69.6 Å². The van der Waals surface area contributed by atoms with Crippen molar-refractivity contribution in [1.29, 1.82) is 0 Å². The number of nitrogen functional groups attached to an aromatic ring is 1. The van der Waals surface area contributed by atoms with E-state index in [1.807, 2.05) is 22.9 Å². The fourth-order valence-corrected chi connectivity index (χ4v) is 3.29. The highest BCUT2D eigenvalue weighted by atomic mass is 32.1. The maximum Gasteiger partial charge on any atom is 0.169 e. The molecule has 1 aliphatic carbocycles. The van der Waals surface area contributed by atoms with Crippen molar-refractivity contribution in [3.05, 3.63) is 47.1 Å². The molecule has 1 saturated carbocycles. The molecule has 0 amide bonds. The maximum absolute atomic E-state index is 5.92. The van der Waals surface area contributed by atoms with E-state index in [4.69, 9.17) is 10.7 Å². The third-order valence-corrected chi connectivity index (χ3v) is 4.59. The summed E-state index contributed by atoms with van der Waals surface area (Å²) in [5.74, 6) is 1.10. The van der Waals surface area contributed by atoms with Crippen LogP contribution in [0.4, 0.5) is 5.82 Å². The first-order valence-corrected chi connectivity index (χ1v) is 7.88. The molecule has 2 aromatic heterocycles. The van der Waals surface area contributed by atoms with Crippen molar-refractivity contribution < 1.29 is 0 Å². The lowest BCUT2D eigenvalue weighted by Gasteiger charge is -2.03. The predicted octanol–water partition coefficient (Wildman–Crippen LogP) is 2.91. The third kappa shape index (κ3) is 2.42. The molecule has 2 N–H and O–H groups in total. The number of hydrogen-bond donors (Lipinski definition) is 1. The van der Waals surface area contributed by atoms with Gasteiger partial charge in [0, 0.05) is 16.9 Å². The Morgan fingerprint density at radius 2 is 2.05 bits per heavy atom. The molecule has 3 aromatic rings. The van der Waals surface area contributed by atoms with Crippen LogP contribution in [0.5, 0.6) is 0 Å². The van der Waals surface area contributed by atoms with E-state index in [-0.39, 0.29) is 0 Å². The summed E-state index contributed by atoms with van der Waals surface area (Å²) < 4.78 is 1.90. The largest absolute Gasteiger partial charge is 0.381 e. The second-order valence-corrected chi connectivity index (χ2v) is 6.16. The van der Waals surface area contributed by atoms with E-state index in [2.05, 4.69) is 27.8 Å². The highest BCUT2D eigenvalue weighted by Gasteiger charge is 2.30. The van der Waals surface area contributed by atoms with E-state index in [0.717, 1.165) is 22.0 Å². The van der Waals surface area contributed by atoms with Crippen molar-refractivity contribution in [3.8, 4) is 10.6 Å². The van der Waals surface area contributed by atoms with Gasteiger partial charge in [0.05, 0.1) is 17.9 Å². The molecular weight excluding hydrogens is 282 g/mol. The maximum atomic E-state index is 5.92. The lowest BCUT2D eigenvalue weighted by molar-refractivity contribution is 0.612. The molecule has 1 fully saturated rings. The van der Waals surface area contributed by atoms with Gasteiger partial charge in [-0.05, 0) is 12.8 Å². The minimum absolute atomic E-state index is 0.534. The molecule has 2 heterocycles. The summed E-state index contributed by atoms with van der Waals surface area (Å²) in [6.45, 7) is 0.638. The molecule has 21 heavy (non-hydrogen) atoms. The summed E-state index contributed by atoms with van der Waals surface area (Å²) in [5.41, 5.74) is 9.15. The Bertz CT molecular complexity index is 757. The normalized spacial score (nSPS) is 14.5. The minimum Gasteiger partial charge on any atom is -0.381 e. The Balaban J connectivity index is 1.60. The number of rotatable bonds is 4. The van der Waals surface area contributed by atoms with Gasteiger partial charge in [0.25, 0.3) is 0 Å². The van der Waals surface area contributed by atoms with Crippen molar-refractivity contribution in [2.45, 2.75) is 25.3 Å². The molecule has 0 aliphatic heterocycles. The monoisotopic (exact) mass is 297 g/mol. The Morgan fingerprint density at radius 3 is 2.81 bits per heavy atom. The van der Waals surface area contributed by atoms with Gasteiger partial charge in [-0.2, -0.15) is 0 Å². The van der Waals surface area contributed by atoms with Crippen molar-refractivity contribution >= 4 is 17.2 Å². The van der Waals surface area contributed by atoms with Gasteiger partial charge in [0.1, 0.15) is 5.01 Å². The molecule has 6 heteroatoms.